The van der Waals surface area contributed by atoms with E-state index >= 15 is 0 Å². The zero-order valence-corrected chi connectivity index (χ0v) is 19.7. The van der Waals surface area contributed by atoms with Crippen molar-refractivity contribution >= 4 is 46.2 Å². The lowest BCUT2D eigenvalue weighted by Gasteiger charge is -2.14. The molecule has 1 aromatic heterocycles. The number of ether oxygens (including phenoxy) is 1. The number of thioether (sulfide) groups is 1. The van der Waals surface area contributed by atoms with Gasteiger partial charge in [-0.05, 0) is 43.0 Å². The van der Waals surface area contributed by atoms with Crippen LogP contribution in [0.25, 0.3) is 6.08 Å². The van der Waals surface area contributed by atoms with Crippen molar-refractivity contribution in [2.45, 2.75) is 13.5 Å². The molecule has 34 heavy (non-hydrogen) atoms. The number of para-hydroxylation sites is 1. The predicted octanol–water partition coefficient (Wildman–Crippen LogP) is 4.64. The minimum absolute atomic E-state index is 0.00779. The number of carbonyl (C=O) groups excluding carboxylic acids is 3. The Balaban J connectivity index is 1.35. The molecule has 1 saturated heterocycles. The van der Waals surface area contributed by atoms with Crippen molar-refractivity contribution in [2.24, 2.45) is 0 Å². The number of aryl methyl sites for hydroxylation is 1. The van der Waals surface area contributed by atoms with Gasteiger partial charge in [0.1, 0.15) is 18.2 Å². The van der Waals surface area contributed by atoms with Crippen molar-refractivity contribution in [3.63, 3.8) is 0 Å². The Bertz CT molecular complexity index is 1270. The van der Waals surface area contributed by atoms with Gasteiger partial charge in [0.25, 0.3) is 17.1 Å². The van der Waals surface area contributed by atoms with E-state index in [9.17, 15) is 18.8 Å². The summed E-state index contributed by atoms with van der Waals surface area (Å²) in [6.45, 7) is 2.19. The minimum Gasteiger partial charge on any atom is -0.486 e. The van der Waals surface area contributed by atoms with Crippen LogP contribution in [0.5, 0.6) is 5.75 Å². The quantitative estimate of drug-likeness (QED) is 0.457. The molecule has 10 heteroatoms. The lowest BCUT2D eigenvalue weighted by Crippen LogP contribution is -2.37. The summed E-state index contributed by atoms with van der Waals surface area (Å²) in [6.07, 6.45) is 1.36. The summed E-state index contributed by atoms with van der Waals surface area (Å²) in [5.41, 5.74) is 1.34. The number of carbonyl (C=O) groups is 3. The third-order valence-corrected chi connectivity index (χ3v) is 6.59. The molecule has 0 unspecified atom stereocenters. The number of nitrogens with zero attached hydrogens (tertiary/aromatic N) is 2. The zero-order valence-electron chi connectivity index (χ0n) is 18.1. The van der Waals surface area contributed by atoms with Gasteiger partial charge in [0, 0.05) is 24.0 Å². The molecule has 0 bridgehead atoms. The molecular formula is C24H20FN3O4S2. The standard InChI is InChI=1S/C24H20FN3O4S2/c1-15-27-17(14-33-15)13-32-20-9-5-3-7-18(20)22(29)26-10-11-28-23(30)21(34-24(28)31)12-16-6-2-4-8-19(16)25/h2-9,12,14H,10-11,13H2,1H3,(H,26,29)/b21-12-. The molecule has 174 valence electrons. The smallest absolute Gasteiger partial charge is 0.293 e. The minimum atomic E-state index is -0.519. The number of hydrogen-bond acceptors (Lipinski definition) is 7. The average Bonchev–Trinajstić information content (AvgIpc) is 3.36. The van der Waals surface area contributed by atoms with Gasteiger partial charge in [0.15, 0.2) is 0 Å². The SMILES string of the molecule is Cc1nc(COc2ccccc2C(=O)NCCN2C(=O)S/C(=C\c3ccccc3F)C2=O)cs1. The summed E-state index contributed by atoms with van der Waals surface area (Å²) in [7, 11) is 0. The molecule has 1 aliphatic rings. The molecule has 2 aromatic carbocycles. The van der Waals surface area contributed by atoms with Gasteiger partial charge in [-0.1, -0.05) is 30.3 Å². The summed E-state index contributed by atoms with van der Waals surface area (Å²) in [4.78, 5) is 43.1. The Kier molecular flexibility index (Phi) is 7.39. The Morgan fingerprint density at radius 1 is 1.18 bits per heavy atom. The summed E-state index contributed by atoms with van der Waals surface area (Å²) in [5, 5.41) is 5.08. The average molecular weight is 498 g/mol. The summed E-state index contributed by atoms with van der Waals surface area (Å²) >= 11 is 2.26. The van der Waals surface area contributed by atoms with Crippen LogP contribution in [0.4, 0.5) is 9.18 Å². The van der Waals surface area contributed by atoms with E-state index in [0.29, 0.717) is 11.3 Å². The van der Waals surface area contributed by atoms with Crippen LogP contribution in [-0.4, -0.2) is 40.0 Å². The molecule has 0 saturated carbocycles. The monoisotopic (exact) mass is 497 g/mol. The van der Waals surface area contributed by atoms with Crippen LogP contribution in [0.1, 0.15) is 26.6 Å². The highest BCUT2D eigenvalue weighted by Crippen LogP contribution is 2.32. The van der Waals surface area contributed by atoms with Crippen molar-refractivity contribution in [3.8, 4) is 5.75 Å². The third-order valence-electron chi connectivity index (χ3n) is 4.86. The maximum absolute atomic E-state index is 13.9. The number of amides is 3. The molecule has 0 radical (unpaired) electrons. The number of aromatic nitrogens is 1. The van der Waals surface area contributed by atoms with Gasteiger partial charge in [-0.2, -0.15) is 0 Å². The largest absolute Gasteiger partial charge is 0.486 e. The highest BCUT2D eigenvalue weighted by molar-refractivity contribution is 8.18. The van der Waals surface area contributed by atoms with Crippen LogP contribution in [0.3, 0.4) is 0 Å². The Labute approximate surface area is 203 Å². The molecule has 0 atom stereocenters. The summed E-state index contributed by atoms with van der Waals surface area (Å²) in [6, 6.07) is 12.8. The van der Waals surface area contributed by atoms with Crippen LogP contribution in [-0.2, 0) is 11.4 Å². The van der Waals surface area contributed by atoms with E-state index in [1.54, 1.807) is 36.4 Å². The van der Waals surface area contributed by atoms with Gasteiger partial charge in [-0.15, -0.1) is 11.3 Å². The first-order chi connectivity index (χ1) is 16.4. The molecule has 1 aliphatic heterocycles. The topological polar surface area (TPSA) is 88.6 Å². The van der Waals surface area contributed by atoms with Crippen molar-refractivity contribution in [1.82, 2.24) is 15.2 Å². The number of thiazole rings is 1. The maximum Gasteiger partial charge on any atom is 0.293 e. The van der Waals surface area contributed by atoms with Gasteiger partial charge in [0.05, 0.1) is 21.2 Å². The van der Waals surface area contributed by atoms with Crippen molar-refractivity contribution in [3.05, 3.63) is 86.5 Å². The Morgan fingerprint density at radius 3 is 2.71 bits per heavy atom. The van der Waals surface area contributed by atoms with Crippen molar-refractivity contribution in [1.29, 1.82) is 0 Å². The van der Waals surface area contributed by atoms with Gasteiger partial charge in [-0.25, -0.2) is 9.37 Å². The van der Waals surface area contributed by atoms with Crippen molar-refractivity contribution in [2.75, 3.05) is 13.1 Å². The number of rotatable bonds is 8. The fourth-order valence-electron chi connectivity index (χ4n) is 3.21. The number of hydrogen-bond donors (Lipinski definition) is 1. The van der Waals surface area contributed by atoms with E-state index in [4.69, 9.17) is 4.74 Å². The molecule has 0 spiro atoms. The number of halogens is 1. The first-order valence-corrected chi connectivity index (χ1v) is 12.0. The van der Waals surface area contributed by atoms with Crippen molar-refractivity contribution < 1.29 is 23.5 Å². The molecule has 7 nitrogen and oxygen atoms in total. The van der Waals surface area contributed by atoms with Crippen LogP contribution in [0.2, 0.25) is 0 Å². The second-order valence-electron chi connectivity index (χ2n) is 7.25. The van der Waals surface area contributed by atoms with E-state index in [1.807, 2.05) is 12.3 Å². The van der Waals surface area contributed by atoms with Crippen LogP contribution < -0.4 is 10.1 Å². The van der Waals surface area contributed by atoms with Crippen LogP contribution in [0, 0.1) is 12.7 Å². The summed E-state index contributed by atoms with van der Waals surface area (Å²) < 4.78 is 19.7. The zero-order chi connectivity index (χ0) is 24.1. The van der Waals surface area contributed by atoms with Gasteiger partial charge in [-0.3, -0.25) is 19.3 Å². The van der Waals surface area contributed by atoms with E-state index in [2.05, 4.69) is 10.3 Å². The fraction of sp³-hybridized carbons (Fsp3) is 0.167. The Morgan fingerprint density at radius 2 is 1.94 bits per heavy atom. The normalized spacial score (nSPS) is 14.6. The number of nitrogens with one attached hydrogen (secondary N) is 1. The summed E-state index contributed by atoms with van der Waals surface area (Å²) in [5.74, 6) is -0.981. The molecule has 4 rings (SSSR count). The molecule has 1 fully saturated rings. The van der Waals surface area contributed by atoms with Gasteiger partial charge >= 0.3 is 0 Å². The lowest BCUT2D eigenvalue weighted by atomic mass is 10.2. The van der Waals surface area contributed by atoms with Crippen LogP contribution >= 0.6 is 23.1 Å². The predicted molar refractivity (Wildman–Crippen MR) is 129 cm³/mol. The highest BCUT2D eigenvalue weighted by Gasteiger charge is 2.34. The van der Waals surface area contributed by atoms with Gasteiger partial charge in [0.2, 0.25) is 0 Å². The molecule has 2 heterocycles. The number of benzene rings is 2. The van der Waals surface area contributed by atoms with E-state index < -0.39 is 17.0 Å². The molecular weight excluding hydrogens is 477 g/mol. The molecule has 0 aliphatic carbocycles. The van der Waals surface area contributed by atoms with E-state index in [-0.39, 0.29) is 36.1 Å². The number of imide groups is 1. The highest BCUT2D eigenvalue weighted by atomic mass is 32.2. The third kappa shape index (κ3) is 5.52. The lowest BCUT2D eigenvalue weighted by molar-refractivity contribution is -0.122. The Hall–Kier alpha value is -3.50. The van der Waals surface area contributed by atoms with Crippen LogP contribution in [0.15, 0.2) is 58.8 Å². The van der Waals surface area contributed by atoms with Gasteiger partial charge < -0.3 is 10.1 Å². The first kappa shape index (κ1) is 23.7. The van der Waals surface area contributed by atoms with E-state index in [0.717, 1.165) is 27.4 Å². The maximum atomic E-state index is 13.9. The molecule has 3 amide bonds. The molecule has 3 aromatic rings. The fourth-order valence-corrected chi connectivity index (χ4v) is 4.66. The molecule has 1 N–H and O–H groups in total. The first-order valence-electron chi connectivity index (χ1n) is 10.3. The second-order valence-corrected chi connectivity index (χ2v) is 9.31. The second kappa shape index (κ2) is 10.6. The van der Waals surface area contributed by atoms with E-state index in [1.165, 1.54) is 29.5 Å².